The summed E-state index contributed by atoms with van der Waals surface area (Å²) in [4.78, 5) is 6.86. The van der Waals surface area contributed by atoms with Crippen LogP contribution in [0.5, 0.6) is 0 Å². The highest BCUT2D eigenvalue weighted by molar-refractivity contribution is 5.35. The zero-order chi connectivity index (χ0) is 14.2. The minimum absolute atomic E-state index is 0.267. The molecule has 0 aromatic carbocycles. The molecule has 0 radical (unpaired) electrons. The zero-order valence-electron chi connectivity index (χ0n) is 12.5. The normalized spacial score (nSPS) is 20.6. The van der Waals surface area contributed by atoms with Crippen molar-refractivity contribution in [3.8, 4) is 0 Å². The molecule has 1 aliphatic rings. The van der Waals surface area contributed by atoms with Crippen molar-refractivity contribution in [2.24, 2.45) is 0 Å². The fourth-order valence-electron chi connectivity index (χ4n) is 2.76. The number of pyridine rings is 1. The van der Waals surface area contributed by atoms with Gasteiger partial charge in [0.25, 0.3) is 0 Å². The summed E-state index contributed by atoms with van der Waals surface area (Å²) in [6.45, 7) is 5.36. The van der Waals surface area contributed by atoms with Gasteiger partial charge >= 0.3 is 0 Å². The summed E-state index contributed by atoms with van der Waals surface area (Å²) < 4.78 is 0. The second-order valence-corrected chi connectivity index (χ2v) is 5.63. The Bertz CT molecular complexity index is 380. The second-order valence-electron chi connectivity index (χ2n) is 5.63. The van der Waals surface area contributed by atoms with Gasteiger partial charge in [0.05, 0.1) is 6.61 Å². The molecule has 1 fully saturated rings. The van der Waals surface area contributed by atoms with Gasteiger partial charge in [0.1, 0.15) is 5.82 Å². The number of likely N-dealkylation sites (tertiary alicyclic amines) is 1. The van der Waals surface area contributed by atoms with E-state index in [9.17, 15) is 5.11 Å². The zero-order valence-corrected chi connectivity index (χ0v) is 12.5. The van der Waals surface area contributed by atoms with Crippen LogP contribution in [-0.2, 0) is 6.54 Å². The monoisotopic (exact) mass is 277 g/mol. The van der Waals surface area contributed by atoms with Crippen molar-refractivity contribution in [2.75, 3.05) is 25.0 Å². The van der Waals surface area contributed by atoms with E-state index in [-0.39, 0.29) is 6.61 Å². The molecule has 2 N–H and O–H groups in total. The van der Waals surface area contributed by atoms with E-state index in [2.05, 4.69) is 34.3 Å². The molecular formula is C16H27N3O. The number of anilines is 1. The predicted octanol–water partition coefficient (Wildman–Crippen LogP) is 2.64. The number of rotatable bonds is 6. The lowest BCUT2D eigenvalue weighted by atomic mass is 10.1. The van der Waals surface area contributed by atoms with E-state index < -0.39 is 0 Å². The lowest BCUT2D eigenvalue weighted by Gasteiger charge is -2.28. The number of hydrogen-bond acceptors (Lipinski definition) is 4. The van der Waals surface area contributed by atoms with Crippen molar-refractivity contribution in [1.82, 2.24) is 9.88 Å². The Hall–Kier alpha value is -1.13. The van der Waals surface area contributed by atoms with Crippen LogP contribution >= 0.6 is 0 Å². The molecule has 112 valence electrons. The topological polar surface area (TPSA) is 48.4 Å². The fourth-order valence-corrected chi connectivity index (χ4v) is 2.76. The third-order valence-corrected chi connectivity index (χ3v) is 3.98. The van der Waals surface area contributed by atoms with Gasteiger partial charge in [-0.25, -0.2) is 4.98 Å². The van der Waals surface area contributed by atoms with Crippen LogP contribution in [0, 0.1) is 0 Å². The molecule has 1 aromatic heterocycles. The smallest absolute Gasteiger partial charge is 0.125 e. The fraction of sp³-hybridized carbons (Fsp3) is 0.688. The van der Waals surface area contributed by atoms with E-state index in [0.717, 1.165) is 38.3 Å². The molecule has 0 saturated carbocycles. The van der Waals surface area contributed by atoms with Crippen LogP contribution in [0.4, 0.5) is 5.82 Å². The van der Waals surface area contributed by atoms with Gasteiger partial charge in [-0.3, -0.25) is 4.90 Å². The van der Waals surface area contributed by atoms with E-state index >= 15 is 0 Å². The molecule has 0 spiro atoms. The summed E-state index contributed by atoms with van der Waals surface area (Å²) in [5.41, 5.74) is 1.23. The number of aliphatic hydroxyl groups is 1. The van der Waals surface area contributed by atoms with Gasteiger partial charge in [-0.2, -0.15) is 0 Å². The Kier molecular flexibility index (Phi) is 6.27. The highest BCUT2D eigenvalue weighted by Crippen LogP contribution is 2.19. The first-order chi connectivity index (χ1) is 9.83. The molecule has 0 amide bonds. The molecule has 1 saturated heterocycles. The summed E-state index contributed by atoms with van der Waals surface area (Å²) in [5.74, 6) is 0.949. The van der Waals surface area contributed by atoms with Crippen LogP contribution in [-0.4, -0.2) is 40.7 Å². The van der Waals surface area contributed by atoms with Gasteiger partial charge in [-0.15, -0.1) is 0 Å². The summed E-state index contributed by atoms with van der Waals surface area (Å²) in [7, 11) is 0. The first-order valence-corrected chi connectivity index (χ1v) is 7.87. The largest absolute Gasteiger partial charge is 0.395 e. The van der Waals surface area contributed by atoms with Crippen molar-refractivity contribution in [3.05, 3.63) is 23.9 Å². The van der Waals surface area contributed by atoms with E-state index in [4.69, 9.17) is 0 Å². The third kappa shape index (κ3) is 4.46. The standard InChI is InChI=1S/C16H27N3O/c1-2-9-17-16-8-7-14(11-18-16)12-19-10-5-3-4-6-15(19)13-20/h7-8,11,15,20H,2-6,9-10,12-13H2,1H3,(H,17,18). The van der Waals surface area contributed by atoms with Crippen LogP contribution in [0.1, 0.15) is 44.6 Å². The van der Waals surface area contributed by atoms with Gasteiger partial charge in [-0.05, 0) is 37.4 Å². The van der Waals surface area contributed by atoms with Crippen molar-refractivity contribution < 1.29 is 5.11 Å². The molecule has 1 atom stereocenters. The minimum atomic E-state index is 0.267. The number of aromatic nitrogens is 1. The number of hydrogen-bond donors (Lipinski definition) is 2. The van der Waals surface area contributed by atoms with E-state index in [0.29, 0.717) is 6.04 Å². The van der Waals surface area contributed by atoms with Crippen LogP contribution < -0.4 is 5.32 Å². The third-order valence-electron chi connectivity index (χ3n) is 3.98. The maximum Gasteiger partial charge on any atom is 0.125 e. The molecule has 4 heteroatoms. The second kappa shape index (κ2) is 8.22. The SMILES string of the molecule is CCCNc1ccc(CN2CCCCCC2CO)cn1. The Balaban J connectivity index is 1.93. The Morgan fingerprint density at radius 3 is 2.95 bits per heavy atom. The number of nitrogens with one attached hydrogen (secondary N) is 1. The summed E-state index contributed by atoms with van der Waals surface area (Å²) in [5, 5.41) is 12.8. The van der Waals surface area contributed by atoms with Crippen molar-refractivity contribution in [2.45, 2.75) is 51.6 Å². The summed E-state index contributed by atoms with van der Waals surface area (Å²) >= 11 is 0. The van der Waals surface area contributed by atoms with Gasteiger partial charge in [0, 0.05) is 25.3 Å². The van der Waals surface area contributed by atoms with Crippen LogP contribution in [0.25, 0.3) is 0 Å². The average Bonchev–Trinajstić information content (AvgIpc) is 2.71. The van der Waals surface area contributed by atoms with Gasteiger partial charge in [0.2, 0.25) is 0 Å². The highest BCUT2D eigenvalue weighted by Gasteiger charge is 2.20. The van der Waals surface area contributed by atoms with Crippen molar-refractivity contribution >= 4 is 5.82 Å². The van der Waals surface area contributed by atoms with Gasteiger partial charge < -0.3 is 10.4 Å². The lowest BCUT2D eigenvalue weighted by Crippen LogP contribution is -2.36. The maximum absolute atomic E-state index is 9.54. The highest BCUT2D eigenvalue weighted by atomic mass is 16.3. The minimum Gasteiger partial charge on any atom is -0.395 e. The molecule has 4 nitrogen and oxygen atoms in total. The Morgan fingerprint density at radius 1 is 1.35 bits per heavy atom. The number of aliphatic hydroxyl groups excluding tert-OH is 1. The van der Waals surface area contributed by atoms with Crippen LogP contribution in [0.15, 0.2) is 18.3 Å². The number of nitrogens with zero attached hydrogens (tertiary/aromatic N) is 2. The van der Waals surface area contributed by atoms with Gasteiger partial charge in [0.15, 0.2) is 0 Å². The molecule has 1 aromatic rings. The first-order valence-electron chi connectivity index (χ1n) is 7.87. The molecule has 0 aliphatic carbocycles. The molecule has 1 aliphatic heterocycles. The molecular weight excluding hydrogens is 250 g/mol. The Labute approximate surface area is 122 Å². The maximum atomic E-state index is 9.54. The first kappa shape index (κ1) is 15.3. The van der Waals surface area contributed by atoms with E-state index in [1.165, 1.54) is 24.8 Å². The molecule has 2 heterocycles. The van der Waals surface area contributed by atoms with E-state index in [1.807, 2.05) is 6.20 Å². The lowest BCUT2D eigenvalue weighted by molar-refractivity contribution is 0.118. The van der Waals surface area contributed by atoms with Crippen molar-refractivity contribution in [1.29, 1.82) is 0 Å². The van der Waals surface area contributed by atoms with Crippen LogP contribution in [0.3, 0.4) is 0 Å². The van der Waals surface area contributed by atoms with Crippen molar-refractivity contribution in [3.63, 3.8) is 0 Å². The predicted molar refractivity (Wildman–Crippen MR) is 82.8 cm³/mol. The molecule has 0 bridgehead atoms. The molecule has 1 unspecified atom stereocenters. The molecule has 20 heavy (non-hydrogen) atoms. The average molecular weight is 277 g/mol. The van der Waals surface area contributed by atoms with E-state index in [1.54, 1.807) is 0 Å². The van der Waals surface area contributed by atoms with Gasteiger partial charge in [-0.1, -0.05) is 25.8 Å². The van der Waals surface area contributed by atoms with Crippen LogP contribution in [0.2, 0.25) is 0 Å². The summed E-state index contributed by atoms with van der Waals surface area (Å²) in [6, 6.07) is 4.51. The summed E-state index contributed by atoms with van der Waals surface area (Å²) in [6.07, 6.45) is 7.93. The molecule has 2 rings (SSSR count). The Morgan fingerprint density at radius 2 is 2.25 bits per heavy atom. The quantitative estimate of drug-likeness (QED) is 0.839.